The smallest absolute Gasteiger partial charge is 0.306 e. The first-order valence-electron chi connectivity index (χ1n) is 11.4. The molecule has 2 heterocycles. The second-order valence-corrected chi connectivity index (χ2v) is 9.72. The van der Waals surface area contributed by atoms with E-state index in [4.69, 9.17) is 9.26 Å². The second kappa shape index (κ2) is 8.96. The summed E-state index contributed by atoms with van der Waals surface area (Å²) in [5.41, 5.74) is 0.113. The van der Waals surface area contributed by atoms with Crippen molar-refractivity contribution in [2.24, 2.45) is 0 Å². The Morgan fingerprint density at radius 3 is 2.64 bits per heavy atom. The fourth-order valence-corrected chi connectivity index (χ4v) is 4.45. The molecule has 1 aliphatic heterocycles. The molecule has 0 bridgehead atoms. The molecule has 4 rings (SSSR count). The van der Waals surface area contributed by atoms with E-state index in [1.54, 1.807) is 11.0 Å². The third-order valence-electron chi connectivity index (χ3n) is 6.19. The molecule has 0 atom stereocenters. The minimum atomic E-state index is -0.916. The Bertz CT molecular complexity index is 1050. The van der Waals surface area contributed by atoms with E-state index in [-0.39, 0.29) is 23.7 Å². The van der Waals surface area contributed by atoms with Crippen LogP contribution >= 0.6 is 0 Å². The van der Waals surface area contributed by atoms with Gasteiger partial charge in [-0.3, -0.25) is 19.3 Å². The maximum Gasteiger partial charge on any atom is 0.306 e. The van der Waals surface area contributed by atoms with Gasteiger partial charge in [-0.1, -0.05) is 50.9 Å². The SMILES string of the molecule is CC(C)(C)c1noc(CCCC(=O)OCC(=O)N2c3ccccc3NC(=O)C23CCCC3)n1. The van der Waals surface area contributed by atoms with Crippen molar-refractivity contribution in [2.75, 3.05) is 16.8 Å². The lowest BCUT2D eigenvalue weighted by Crippen LogP contribution is -2.61. The Hall–Kier alpha value is -3.23. The van der Waals surface area contributed by atoms with Gasteiger partial charge in [0.2, 0.25) is 5.89 Å². The Labute approximate surface area is 192 Å². The van der Waals surface area contributed by atoms with Crippen molar-refractivity contribution in [3.8, 4) is 0 Å². The molecule has 176 valence electrons. The lowest BCUT2D eigenvalue weighted by Gasteiger charge is -2.44. The Morgan fingerprint density at radius 2 is 1.94 bits per heavy atom. The van der Waals surface area contributed by atoms with Crippen molar-refractivity contribution in [1.82, 2.24) is 10.1 Å². The minimum absolute atomic E-state index is 0.128. The van der Waals surface area contributed by atoms with Gasteiger partial charge in [-0.25, -0.2) is 0 Å². The van der Waals surface area contributed by atoms with Crippen LogP contribution in [-0.4, -0.2) is 40.1 Å². The molecule has 1 N–H and O–H groups in total. The molecule has 1 spiro atoms. The van der Waals surface area contributed by atoms with Crippen LogP contribution in [0.3, 0.4) is 0 Å². The largest absolute Gasteiger partial charge is 0.456 e. The zero-order chi connectivity index (χ0) is 23.6. The van der Waals surface area contributed by atoms with Crippen LogP contribution in [0, 0.1) is 0 Å². The van der Waals surface area contributed by atoms with Crippen LogP contribution in [0.15, 0.2) is 28.8 Å². The van der Waals surface area contributed by atoms with E-state index in [2.05, 4.69) is 15.5 Å². The van der Waals surface area contributed by atoms with Gasteiger partial charge in [-0.05, 0) is 31.4 Å². The van der Waals surface area contributed by atoms with Gasteiger partial charge < -0.3 is 14.6 Å². The number of fused-ring (bicyclic) bond motifs is 1. The van der Waals surface area contributed by atoms with Crippen LogP contribution in [0.5, 0.6) is 0 Å². The molecular weight excluding hydrogens is 424 g/mol. The topological polar surface area (TPSA) is 115 Å². The molecular formula is C24H30N4O5. The number of hydrogen-bond acceptors (Lipinski definition) is 7. The number of ether oxygens (including phenoxy) is 1. The number of benzene rings is 1. The number of carbonyl (C=O) groups excluding carboxylic acids is 3. The van der Waals surface area contributed by atoms with Gasteiger partial charge in [0.1, 0.15) is 5.54 Å². The standard InChI is InChI=1S/C24H30N4O5/c1-23(2,3)21-26-18(33-27-21)11-8-12-20(30)32-15-19(29)28-17-10-5-4-9-16(17)25-22(31)24(28)13-6-7-14-24/h4-5,9-10H,6-8,11-15H2,1-3H3,(H,25,31). The average molecular weight is 455 g/mol. The quantitative estimate of drug-likeness (QED) is 0.664. The highest BCUT2D eigenvalue weighted by molar-refractivity contribution is 6.15. The lowest BCUT2D eigenvalue weighted by molar-refractivity contribution is -0.148. The average Bonchev–Trinajstić information content (AvgIpc) is 3.44. The summed E-state index contributed by atoms with van der Waals surface area (Å²) in [6.45, 7) is 5.58. The Morgan fingerprint density at radius 1 is 1.21 bits per heavy atom. The third kappa shape index (κ3) is 4.62. The summed E-state index contributed by atoms with van der Waals surface area (Å²) in [4.78, 5) is 44.3. The summed E-state index contributed by atoms with van der Waals surface area (Å²) in [5, 5.41) is 6.91. The van der Waals surface area contributed by atoms with E-state index in [0.717, 1.165) is 12.8 Å². The number of nitrogens with zero attached hydrogens (tertiary/aromatic N) is 3. The molecule has 0 radical (unpaired) electrons. The number of anilines is 2. The number of esters is 1. The molecule has 1 aliphatic carbocycles. The van der Waals surface area contributed by atoms with Gasteiger partial charge in [0.25, 0.3) is 11.8 Å². The number of aryl methyl sites for hydroxylation is 1. The number of amides is 2. The van der Waals surface area contributed by atoms with Crippen molar-refractivity contribution in [2.45, 2.75) is 76.7 Å². The fourth-order valence-electron chi connectivity index (χ4n) is 4.45. The molecule has 9 nitrogen and oxygen atoms in total. The van der Waals surface area contributed by atoms with E-state index in [0.29, 0.717) is 48.8 Å². The number of para-hydroxylation sites is 2. The van der Waals surface area contributed by atoms with Crippen LogP contribution in [0.4, 0.5) is 11.4 Å². The Kier molecular flexibility index (Phi) is 6.23. The normalized spacial score (nSPS) is 17.1. The van der Waals surface area contributed by atoms with Gasteiger partial charge in [-0.15, -0.1) is 0 Å². The lowest BCUT2D eigenvalue weighted by atomic mass is 9.90. The van der Waals surface area contributed by atoms with E-state index < -0.39 is 18.1 Å². The zero-order valence-electron chi connectivity index (χ0n) is 19.3. The maximum absolute atomic E-state index is 13.2. The second-order valence-electron chi connectivity index (χ2n) is 9.72. The van der Waals surface area contributed by atoms with E-state index in [9.17, 15) is 14.4 Å². The molecule has 1 fully saturated rings. The molecule has 2 aliphatic rings. The first-order valence-corrected chi connectivity index (χ1v) is 11.4. The highest BCUT2D eigenvalue weighted by Gasteiger charge is 2.52. The first-order chi connectivity index (χ1) is 15.7. The molecule has 1 saturated carbocycles. The molecule has 1 aromatic carbocycles. The number of hydrogen-bond donors (Lipinski definition) is 1. The number of nitrogens with one attached hydrogen (secondary N) is 1. The molecule has 0 saturated heterocycles. The molecule has 33 heavy (non-hydrogen) atoms. The van der Waals surface area contributed by atoms with Crippen LogP contribution < -0.4 is 10.2 Å². The van der Waals surface area contributed by atoms with Crippen molar-refractivity contribution in [3.05, 3.63) is 36.0 Å². The summed E-state index contributed by atoms with van der Waals surface area (Å²) in [6.07, 6.45) is 3.97. The molecule has 2 amide bonds. The minimum Gasteiger partial charge on any atom is -0.456 e. The van der Waals surface area contributed by atoms with Gasteiger partial charge in [0.15, 0.2) is 12.4 Å². The van der Waals surface area contributed by atoms with Crippen molar-refractivity contribution in [3.63, 3.8) is 0 Å². The van der Waals surface area contributed by atoms with Crippen LogP contribution in [0.2, 0.25) is 0 Å². The highest BCUT2D eigenvalue weighted by Crippen LogP contribution is 2.45. The maximum atomic E-state index is 13.2. The van der Waals surface area contributed by atoms with E-state index >= 15 is 0 Å². The zero-order valence-corrected chi connectivity index (χ0v) is 19.3. The van der Waals surface area contributed by atoms with Gasteiger partial charge >= 0.3 is 5.97 Å². The van der Waals surface area contributed by atoms with Crippen LogP contribution in [-0.2, 0) is 31.0 Å². The molecule has 1 aromatic heterocycles. The monoisotopic (exact) mass is 454 g/mol. The third-order valence-corrected chi connectivity index (χ3v) is 6.19. The van der Waals surface area contributed by atoms with E-state index in [1.165, 1.54) is 0 Å². The predicted molar refractivity (Wildman–Crippen MR) is 121 cm³/mol. The van der Waals surface area contributed by atoms with Gasteiger partial charge in [-0.2, -0.15) is 4.98 Å². The first kappa shape index (κ1) is 22.9. The summed E-state index contributed by atoms with van der Waals surface area (Å²) < 4.78 is 10.5. The number of aromatic nitrogens is 2. The Balaban J connectivity index is 1.35. The fraction of sp³-hybridized carbons (Fsp3) is 0.542. The summed E-state index contributed by atoms with van der Waals surface area (Å²) >= 11 is 0. The molecule has 0 unspecified atom stereocenters. The van der Waals surface area contributed by atoms with Crippen LogP contribution in [0.25, 0.3) is 0 Å². The van der Waals surface area contributed by atoms with Crippen molar-refractivity contribution >= 4 is 29.2 Å². The highest BCUT2D eigenvalue weighted by atomic mass is 16.5. The molecule has 9 heteroatoms. The van der Waals surface area contributed by atoms with Crippen molar-refractivity contribution < 1.29 is 23.6 Å². The predicted octanol–water partition coefficient (Wildman–Crippen LogP) is 3.53. The molecule has 2 aromatic rings. The summed E-state index contributed by atoms with van der Waals surface area (Å²) in [6, 6.07) is 7.21. The van der Waals surface area contributed by atoms with E-state index in [1.807, 2.05) is 39.0 Å². The number of rotatable bonds is 6. The summed E-state index contributed by atoms with van der Waals surface area (Å²) in [7, 11) is 0. The summed E-state index contributed by atoms with van der Waals surface area (Å²) in [5.74, 6) is 0.0567. The van der Waals surface area contributed by atoms with Crippen LogP contribution in [0.1, 0.15) is 71.0 Å². The number of carbonyl (C=O) groups is 3. The van der Waals surface area contributed by atoms with Crippen molar-refractivity contribution in [1.29, 1.82) is 0 Å². The van der Waals surface area contributed by atoms with Gasteiger partial charge in [0.05, 0.1) is 11.4 Å². The van der Waals surface area contributed by atoms with Gasteiger partial charge in [0, 0.05) is 18.3 Å².